The van der Waals surface area contributed by atoms with E-state index in [-0.39, 0.29) is 17.9 Å². The third kappa shape index (κ3) is 3.78. The Balaban J connectivity index is 1.98. The highest BCUT2D eigenvalue weighted by atomic mass is 16.5. The van der Waals surface area contributed by atoms with E-state index < -0.39 is 23.1 Å². The molecule has 0 aliphatic carbocycles. The second-order valence-electron chi connectivity index (χ2n) is 8.95. The van der Waals surface area contributed by atoms with Crippen molar-refractivity contribution >= 4 is 29.0 Å². The summed E-state index contributed by atoms with van der Waals surface area (Å²) in [5.41, 5.74) is -0.407. The van der Waals surface area contributed by atoms with Crippen LogP contribution in [0.15, 0.2) is 54.1 Å². The predicted molar refractivity (Wildman–Crippen MR) is 133 cm³/mol. The number of anilines is 1. The molecule has 2 aliphatic rings. The molecule has 2 aromatic carbocycles. The van der Waals surface area contributed by atoms with E-state index in [0.29, 0.717) is 48.7 Å². The van der Waals surface area contributed by atoms with Gasteiger partial charge in [-0.15, -0.1) is 0 Å². The van der Waals surface area contributed by atoms with Gasteiger partial charge < -0.3 is 24.5 Å². The predicted octanol–water partition coefficient (Wildman–Crippen LogP) is 2.98. The molecule has 0 aromatic heterocycles. The van der Waals surface area contributed by atoms with Gasteiger partial charge in [0.15, 0.2) is 5.54 Å². The van der Waals surface area contributed by atoms with Gasteiger partial charge in [-0.2, -0.15) is 0 Å². The number of fused-ring (bicyclic) bond motifs is 2. The fourth-order valence-corrected chi connectivity index (χ4v) is 4.93. The molecule has 1 atom stereocenters. The quantitative estimate of drug-likeness (QED) is 0.357. The van der Waals surface area contributed by atoms with Crippen LogP contribution in [0.4, 0.5) is 5.69 Å². The fourth-order valence-electron chi connectivity index (χ4n) is 4.93. The van der Waals surface area contributed by atoms with Crippen LogP contribution in [0.1, 0.15) is 31.4 Å². The Labute approximate surface area is 205 Å². The number of nitrogens with zero attached hydrogens (tertiary/aromatic N) is 3. The van der Waals surface area contributed by atoms with Crippen LogP contribution in [-0.4, -0.2) is 72.8 Å². The van der Waals surface area contributed by atoms with Gasteiger partial charge >= 0.3 is 0 Å². The summed E-state index contributed by atoms with van der Waals surface area (Å²) in [6.45, 7) is 5.34. The zero-order valence-corrected chi connectivity index (χ0v) is 20.6. The molecule has 35 heavy (non-hydrogen) atoms. The van der Waals surface area contributed by atoms with Crippen molar-refractivity contribution in [2.45, 2.75) is 25.8 Å². The number of likely N-dealkylation sites (tertiary alicyclic amines) is 1. The molecule has 2 amide bonds. The van der Waals surface area contributed by atoms with Crippen molar-refractivity contribution in [1.29, 1.82) is 0 Å². The van der Waals surface area contributed by atoms with Crippen LogP contribution in [0.2, 0.25) is 0 Å². The lowest BCUT2D eigenvalue weighted by atomic mass is 9.82. The molecule has 0 bridgehead atoms. The average Bonchev–Trinajstić information content (AvgIpc) is 3.22. The van der Waals surface area contributed by atoms with E-state index in [4.69, 9.17) is 4.74 Å². The number of carbonyl (C=O) groups is 3. The van der Waals surface area contributed by atoms with Crippen LogP contribution >= 0.6 is 0 Å². The van der Waals surface area contributed by atoms with E-state index in [1.54, 1.807) is 41.3 Å². The van der Waals surface area contributed by atoms with Gasteiger partial charge in [0.05, 0.1) is 17.9 Å². The Hall–Kier alpha value is -3.65. The van der Waals surface area contributed by atoms with Crippen molar-refractivity contribution in [3.05, 3.63) is 65.2 Å². The molecule has 0 radical (unpaired) electrons. The van der Waals surface area contributed by atoms with Crippen molar-refractivity contribution in [2.75, 3.05) is 45.2 Å². The molecular formula is C27H31N3O5. The van der Waals surface area contributed by atoms with E-state index in [2.05, 4.69) is 0 Å². The minimum absolute atomic E-state index is 0.150. The van der Waals surface area contributed by atoms with E-state index >= 15 is 0 Å². The molecular weight excluding hydrogens is 446 g/mol. The molecule has 184 valence electrons. The Morgan fingerprint density at radius 1 is 1.00 bits per heavy atom. The largest absolute Gasteiger partial charge is 0.507 e. The van der Waals surface area contributed by atoms with E-state index in [9.17, 15) is 19.5 Å². The molecule has 2 heterocycles. The molecule has 1 saturated heterocycles. The minimum Gasteiger partial charge on any atom is -0.507 e. The number of carbonyl (C=O) groups excluding carboxylic acids is 3. The zero-order chi connectivity index (χ0) is 25.3. The van der Waals surface area contributed by atoms with Crippen LogP contribution in [0.3, 0.4) is 0 Å². The van der Waals surface area contributed by atoms with Crippen LogP contribution in [-0.2, 0) is 19.9 Å². The van der Waals surface area contributed by atoms with Crippen molar-refractivity contribution < 1.29 is 24.2 Å². The number of hydrogen-bond acceptors (Lipinski definition) is 6. The summed E-state index contributed by atoms with van der Waals surface area (Å²) < 4.78 is 5.48. The first kappa shape index (κ1) is 24.5. The monoisotopic (exact) mass is 477 g/mol. The lowest BCUT2D eigenvalue weighted by molar-refractivity contribution is -0.143. The van der Waals surface area contributed by atoms with Gasteiger partial charge in [0.1, 0.15) is 11.5 Å². The SMILES string of the molecule is CCCN1C(=O)[C@@]2(C(=C(O)c3ccc(OCC)cc3)C(=O)C(=O)N2CCN(C)C)c2ccccc21. The van der Waals surface area contributed by atoms with Gasteiger partial charge in [-0.1, -0.05) is 25.1 Å². The second-order valence-corrected chi connectivity index (χ2v) is 8.95. The first-order valence-electron chi connectivity index (χ1n) is 11.9. The number of benzene rings is 2. The lowest BCUT2D eigenvalue weighted by Gasteiger charge is -2.35. The molecule has 1 fully saturated rings. The molecule has 2 aromatic rings. The van der Waals surface area contributed by atoms with Gasteiger partial charge in [0.2, 0.25) is 0 Å². The van der Waals surface area contributed by atoms with Crippen molar-refractivity contribution in [3.63, 3.8) is 0 Å². The third-order valence-electron chi connectivity index (χ3n) is 6.47. The maximum absolute atomic E-state index is 14.2. The number of ether oxygens (including phenoxy) is 1. The Morgan fingerprint density at radius 3 is 2.31 bits per heavy atom. The van der Waals surface area contributed by atoms with Crippen molar-refractivity contribution in [3.8, 4) is 5.75 Å². The number of hydrogen-bond donors (Lipinski definition) is 1. The highest BCUT2D eigenvalue weighted by Crippen LogP contribution is 2.53. The normalized spacial score (nSPS) is 20.9. The first-order chi connectivity index (χ1) is 16.8. The molecule has 1 N–H and O–H groups in total. The fraction of sp³-hybridized carbons (Fsp3) is 0.370. The number of Topliss-reactive ketones (excluding diaryl/α,β-unsaturated/α-hetero) is 1. The number of rotatable bonds is 8. The van der Waals surface area contributed by atoms with Gasteiger partial charge in [-0.25, -0.2) is 0 Å². The molecule has 4 rings (SSSR count). The number of aliphatic hydroxyl groups excluding tert-OH is 1. The third-order valence-corrected chi connectivity index (χ3v) is 6.47. The molecule has 8 heteroatoms. The Bertz CT molecular complexity index is 1190. The van der Waals surface area contributed by atoms with E-state index in [1.165, 1.54) is 4.90 Å². The van der Waals surface area contributed by atoms with E-state index in [0.717, 1.165) is 0 Å². The topological polar surface area (TPSA) is 90.4 Å². The number of amides is 2. The average molecular weight is 478 g/mol. The molecule has 8 nitrogen and oxygen atoms in total. The van der Waals surface area contributed by atoms with Gasteiger partial charge in [-0.05, 0) is 57.8 Å². The summed E-state index contributed by atoms with van der Waals surface area (Å²) in [7, 11) is 3.72. The maximum Gasteiger partial charge on any atom is 0.296 e. The molecule has 0 saturated carbocycles. The van der Waals surface area contributed by atoms with Gasteiger partial charge in [-0.3, -0.25) is 14.4 Å². The summed E-state index contributed by atoms with van der Waals surface area (Å²) in [6, 6.07) is 13.8. The number of aliphatic hydroxyl groups is 1. The van der Waals surface area contributed by atoms with Crippen LogP contribution in [0, 0.1) is 0 Å². The van der Waals surface area contributed by atoms with Crippen LogP contribution < -0.4 is 9.64 Å². The molecule has 2 aliphatic heterocycles. The standard InChI is InChI=1S/C27H31N3O5/c1-5-15-29-21-10-8-7-9-20(21)27(26(29)34)22(24(32)25(33)30(27)17-16-28(3)4)23(31)18-11-13-19(14-12-18)35-6-2/h7-14,31H,5-6,15-17H2,1-4H3/t27-/m0/s1. The van der Waals surface area contributed by atoms with Crippen molar-refractivity contribution in [1.82, 2.24) is 9.80 Å². The van der Waals surface area contributed by atoms with Gasteiger partial charge in [0, 0.05) is 30.8 Å². The Morgan fingerprint density at radius 2 is 1.69 bits per heavy atom. The summed E-state index contributed by atoms with van der Waals surface area (Å²) in [6.07, 6.45) is 0.694. The zero-order valence-electron chi connectivity index (χ0n) is 20.6. The number of ketones is 1. The Kier molecular flexibility index (Phi) is 6.67. The maximum atomic E-state index is 14.2. The summed E-state index contributed by atoms with van der Waals surface area (Å²) >= 11 is 0. The van der Waals surface area contributed by atoms with E-state index in [1.807, 2.05) is 45.0 Å². The smallest absolute Gasteiger partial charge is 0.296 e. The lowest BCUT2D eigenvalue weighted by Crippen LogP contribution is -2.53. The molecule has 1 spiro atoms. The summed E-state index contributed by atoms with van der Waals surface area (Å²) in [4.78, 5) is 46.0. The summed E-state index contributed by atoms with van der Waals surface area (Å²) in [5.74, 6) is -1.81. The highest BCUT2D eigenvalue weighted by molar-refractivity contribution is 6.50. The first-order valence-corrected chi connectivity index (χ1v) is 11.9. The number of likely N-dealkylation sites (N-methyl/N-ethyl adjacent to an activating group) is 1. The van der Waals surface area contributed by atoms with Crippen molar-refractivity contribution in [2.24, 2.45) is 0 Å². The second kappa shape index (κ2) is 9.54. The highest BCUT2D eigenvalue weighted by Gasteiger charge is 2.66. The van der Waals surface area contributed by atoms with Gasteiger partial charge in [0.25, 0.3) is 17.6 Å². The molecule has 0 unspecified atom stereocenters. The number of para-hydroxylation sites is 1. The summed E-state index contributed by atoms with van der Waals surface area (Å²) in [5, 5.41) is 11.5. The van der Waals surface area contributed by atoms with Crippen LogP contribution in [0.5, 0.6) is 5.75 Å². The van der Waals surface area contributed by atoms with Crippen LogP contribution in [0.25, 0.3) is 5.76 Å². The minimum atomic E-state index is -1.72.